The first-order chi connectivity index (χ1) is 8.25. The molecule has 2 aliphatic heterocycles. The summed E-state index contributed by atoms with van der Waals surface area (Å²) in [6.45, 7) is 4.42. The summed E-state index contributed by atoms with van der Waals surface area (Å²) >= 11 is 1.70. The van der Waals surface area contributed by atoms with Crippen LogP contribution < -0.4 is 0 Å². The quantitative estimate of drug-likeness (QED) is 0.733. The molecule has 2 heterocycles. The molecule has 0 unspecified atom stereocenters. The Morgan fingerprint density at radius 2 is 2.06 bits per heavy atom. The first-order valence-corrected chi connectivity index (χ1v) is 6.65. The number of thioether (sulfide) groups is 1. The molecule has 3 heteroatoms. The second kappa shape index (κ2) is 4.08. The molecule has 0 aromatic heterocycles. The predicted molar refractivity (Wildman–Crippen MR) is 74.9 cm³/mol. The van der Waals surface area contributed by atoms with E-state index in [1.165, 1.54) is 11.3 Å². The van der Waals surface area contributed by atoms with Crippen LogP contribution in [0.1, 0.15) is 19.4 Å². The van der Waals surface area contributed by atoms with Crippen molar-refractivity contribution < 1.29 is 0 Å². The number of nitrogens with zero attached hydrogens (tertiary/aromatic N) is 2. The van der Waals surface area contributed by atoms with Crippen molar-refractivity contribution in [2.75, 3.05) is 0 Å². The Labute approximate surface area is 106 Å². The van der Waals surface area contributed by atoms with E-state index in [1.807, 2.05) is 12.1 Å². The lowest BCUT2D eigenvalue weighted by molar-refractivity contribution is 0.582. The second-order valence-corrected chi connectivity index (χ2v) is 5.29. The van der Waals surface area contributed by atoms with Crippen LogP contribution in [0.5, 0.6) is 0 Å². The molecule has 2 aliphatic rings. The van der Waals surface area contributed by atoms with Gasteiger partial charge in [0.1, 0.15) is 0 Å². The first kappa shape index (κ1) is 10.7. The largest absolute Gasteiger partial charge is 0.299 e. The van der Waals surface area contributed by atoms with E-state index in [4.69, 9.17) is 4.99 Å². The summed E-state index contributed by atoms with van der Waals surface area (Å²) in [7, 11) is 0. The monoisotopic (exact) mass is 242 g/mol. The zero-order valence-corrected chi connectivity index (χ0v) is 10.7. The third-order valence-corrected chi connectivity index (χ3v) is 3.78. The molecule has 1 aromatic rings. The molecule has 0 fully saturated rings. The highest BCUT2D eigenvalue weighted by Gasteiger charge is 2.24. The Hall–Kier alpha value is -1.48. The summed E-state index contributed by atoms with van der Waals surface area (Å²) in [5.41, 5.74) is 3.54. The number of aliphatic imine (C=N–C) groups is 1. The number of rotatable bonds is 1. The van der Waals surface area contributed by atoms with Crippen LogP contribution in [0.3, 0.4) is 0 Å². The molecule has 1 aromatic carbocycles. The minimum Gasteiger partial charge on any atom is -0.299 e. The molecular weight excluding hydrogens is 228 g/mol. The third kappa shape index (κ3) is 1.80. The fourth-order valence-corrected chi connectivity index (χ4v) is 3.01. The summed E-state index contributed by atoms with van der Waals surface area (Å²) in [6, 6.07) is 8.24. The van der Waals surface area contributed by atoms with Crippen molar-refractivity contribution in [2.24, 2.45) is 10.9 Å². The van der Waals surface area contributed by atoms with Gasteiger partial charge in [0.2, 0.25) is 0 Å². The molecule has 0 radical (unpaired) electrons. The van der Waals surface area contributed by atoms with Gasteiger partial charge in [0.25, 0.3) is 0 Å². The van der Waals surface area contributed by atoms with Crippen LogP contribution in [0.2, 0.25) is 0 Å². The molecular formula is C14H14N2S. The van der Waals surface area contributed by atoms with Crippen LogP contribution in [-0.4, -0.2) is 10.1 Å². The minimum atomic E-state index is 0.515. The fourth-order valence-electron chi connectivity index (χ4n) is 1.97. The average Bonchev–Trinajstić information content (AvgIpc) is 2.63. The van der Waals surface area contributed by atoms with Crippen LogP contribution in [-0.2, 0) is 0 Å². The highest BCUT2D eigenvalue weighted by atomic mass is 32.2. The predicted octanol–water partition coefficient (Wildman–Crippen LogP) is 4.20. The van der Waals surface area contributed by atoms with Gasteiger partial charge in [-0.1, -0.05) is 43.8 Å². The van der Waals surface area contributed by atoms with Crippen molar-refractivity contribution >= 4 is 28.7 Å². The van der Waals surface area contributed by atoms with Crippen LogP contribution in [0, 0.1) is 5.92 Å². The molecule has 3 rings (SSSR count). The molecule has 86 valence electrons. The lowest BCUT2D eigenvalue weighted by Gasteiger charge is -2.19. The van der Waals surface area contributed by atoms with Gasteiger partial charge in [-0.15, -0.1) is 0 Å². The summed E-state index contributed by atoms with van der Waals surface area (Å²) < 4.78 is 0. The van der Waals surface area contributed by atoms with Gasteiger partial charge in [0.05, 0.1) is 5.69 Å². The summed E-state index contributed by atoms with van der Waals surface area (Å²) in [4.78, 5) is 6.91. The zero-order chi connectivity index (χ0) is 11.8. The van der Waals surface area contributed by atoms with E-state index in [1.54, 1.807) is 11.8 Å². The molecule has 0 N–H and O–H groups in total. The maximum absolute atomic E-state index is 4.72. The van der Waals surface area contributed by atoms with Crippen molar-refractivity contribution in [3.63, 3.8) is 0 Å². The van der Waals surface area contributed by atoms with E-state index >= 15 is 0 Å². The Morgan fingerprint density at radius 1 is 1.24 bits per heavy atom. The van der Waals surface area contributed by atoms with E-state index < -0.39 is 0 Å². The Bertz CT molecular complexity index is 541. The number of fused-ring (bicyclic) bond motifs is 2. The van der Waals surface area contributed by atoms with Gasteiger partial charge in [0, 0.05) is 17.5 Å². The van der Waals surface area contributed by atoms with Crippen molar-refractivity contribution in [3.8, 4) is 0 Å². The molecule has 0 spiro atoms. The topological polar surface area (TPSA) is 15.6 Å². The standard InChI is InChI=1S/C14H14N2S/c1-10(2)13-9-17-14-15-12-6-4-3-5-11(12)7-8-16(13)14/h3-10H,1-2H3. The Kier molecular flexibility index (Phi) is 2.56. The van der Waals surface area contributed by atoms with Gasteiger partial charge in [-0.3, -0.25) is 4.90 Å². The van der Waals surface area contributed by atoms with Gasteiger partial charge in [-0.25, -0.2) is 4.99 Å². The number of hydrogen-bond acceptors (Lipinski definition) is 3. The number of amidine groups is 1. The van der Waals surface area contributed by atoms with Crippen LogP contribution >= 0.6 is 11.8 Å². The molecule has 0 saturated carbocycles. The van der Waals surface area contributed by atoms with Crippen molar-refractivity contribution in [2.45, 2.75) is 13.8 Å². The minimum absolute atomic E-state index is 0.515. The van der Waals surface area contributed by atoms with Crippen LogP contribution in [0.15, 0.2) is 46.6 Å². The maximum Gasteiger partial charge on any atom is 0.177 e. The van der Waals surface area contributed by atoms with Crippen molar-refractivity contribution in [3.05, 3.63) is 47.1 Å². The van der Waals surface area contributed by atoms with E-state index in [2.05, 4.69) is 48.6 Å². The molecule has 2 nitrogen and oxygen atoms in total. The second-order valence-electron chi connectivity index (χ2n) is 4.45. The van der Waals surface area contributed by atoms with Gasteiger partial charge in [-0.2, -0.15) is 0 Å². The van der Waals surface area contributed by atoms with Gasteiger partial charge in [0.15, 0.2) is 5.17 Å². The van der Waals surface area contributed by atoms with Crippen LogP contribution in [0.4, 0.5) is 5.69 Å². The fraction of sp³-hybridized carbons (Fsp3) is 0.214. The molecule has 0 aliphatic carbocycles. The summed E-state index contributed by atoms with van der Waals surface area (Å²) in [5, 5.41) is 3.25. The first-order valence-electron chi connectivity index (χ1n) is 5.77. The van der Waals surface area contributed by atoms with E-state index in [0.717, 1.165) is 10.9 Å². The molecule has 0 bridgehead atoms. The average molecular weight is 242 g/mol. The van der Waals surface area contributed by atoms with Gasteiger partial charge >= 0.3 is 0 Å². The van der Waals surface area contributed by atoms with Gasteiger partial charge < -0.3 is 0 Å². The highest BCUT2D eigenvalue weighted by Crippen LogP contribution is 2.36. The SMILES string of the molecule is CC(C)C1=CSC2=Nc3ccccc3C=CN12. The van der Waals surface area contributed by atoms with Gasteiger partial charge in [-0.05, 0) is 23.5 Å². The molecule has 0 amide bonds. The number of benzene rings is 1. The number of hydrogen-bond donors (Lipinski definition) is 0. The number of allylic oxidation sites excluding steroid dienone is 1. The van der Waals surface area contributed by atoms with Crippen molar-refractivity contribution in [1.82, 2.24) is 4.90 Å². The molecule has 17 heavy (non-hydrogen) atoms. The lowest BCUT2D eigenvalue weighted by atomic mass is 10.1. The van der Waals surface area contributed by atoms with E-state index in [-0.39, 0.29) is 0 Å². The number of para-hydroxylation sites is 1. The summed E-state index contributed by atoms with van der Waals surface area (Å²) in [5.74, 6) is 0.515. The Morgan fingerprint density at radius 3 is 2.88 bits per heavy atom. The molecule has 0 saturated heterocycles. The lowest BCUT2D eigenvalue weighted by Crippen LogP contribution is -2.19. The smallest absolute Gasteiger partial charge is 0.177 e. The summed E-state index contributed by atoms with van der Waals surface area (Å²) in [6.07, 6.45) is 4.25. The third-order valence-electron chi connectivity index (χ3n) is 2.92. The maximum atomic E-state index is 4.72. The van der Waals surface area contributed by atoms with Crippen LogP contribution in [0.25, 0.3) is 6.08 Å². The van der Waals surface area contributed by atoms with E-state index in [0.29, 0.717) is 5.92 Å². The highest BCUT2D eigenvalue weighted by molar-refractivity contribution is 8.16. The zero-order valence-electron chi connectivity index (χ0n) is 9.92. The van der Waals surface area contributed by atoms with Crippen molar-refractivity contribution in [1.29, 1.82) is 0 Å². The van der Waals surface area contributed by atoms with E-state index in [9.17, 15) is 0 Å². The normalized spacial score (nSPS) is 17.5. The Balaban J connectivity index is 2.05. The molecule has 0 atom stereocenters.